The molecule has 8 rings (SSSR count). The summed E-state index contributed by atoms with van der Waals surface area (Å²) in [6, 6.07) is 28.7. The fourth-order valence-electron chi connectivity index (χ4n) is 13.6. The maximum atomic E-state index is 12.7. The minimum Gasteiger partial charge on any atom is -0.481 e. The van der Waals surface area contributed by atoms with Crippen molar-refractivity contribution in [2.24, 2.45) is 53.7 Å². The number of aryl methyl sites for hydroxylation is 6. The lowest BCUT2D eigenvalue weighted by Gasteiger charge is -2.19. The molecule has 0 fully saturated rings. The maximum absolute atomic E-state index is 12.7. The number of amides is 8. The first-order chi connectivity index (χ1) is 65.9. The van der Waals surface area contributed by atoms with E-state index in [0.29, 0.717) is 43.2 Å². The lowest BCUT2D eigenvalue weighted by atomic mass is 9.92. The van der Waals surface area contributed by atoms with Crippen LogP contribution in [0, 0.1) is 30.6 Å². The molecule has 139 heavy (non-hydrogen) atoms. The van der Waals surface area contributed by atoms with Crippen molar-refractivity contribution >= 4 is 130 Å². The van der Waals surface area contributed by atoms with Crippen LogP contribution in [0.5, 0.6) is 0 Å². The molecule has 0 unspecified atom stereocenters. The number of primary amides is 4. The third-order valence-corrected chi connectivity index (χ3v) is 21.9. The normalized spacial score (nSPS) is 12.4. The average molecular weight is 1950 g/mol. The number of nitrogens with one attached hydrogen (secondary N) is 4. The van der Waals surface area contributed by atoms with Gasteiger partial charge >= 0.3 is 47.8 Å². The minimum atomic E-state index is -1.15. The minimum absolute atomic E-state index is 0.0375. The molecule has 20 N–H and O–H groups in total. The van der Waals surface area contributed by atoms with Crippen LogP contribution >= 0.6 is 11.5 Å². The van der Waals surface area contributed by atoms with Crippen molar-refractivity contribution in [1.82, 2.24) is 60.7 Å². The van der Waals surface area contributed by atoms with Crippen LogP contribution in [0.25, 0.3) is 45.3 Å². The summed E-state index contributed by atoms with van der Waals surface area (Å²) >= 11 is 1.25. The molecule has 0 radical (unpaired) electrons. The number of aromatic nitrogens is 8. The standard InChI is InChI=1S/C24H30N4O7.C24H28N4O7.C23H28N4O8.C22H26N4O7S/c1-28-13-12-18(27-28)16-5-2-15(3-6-16)4-9-21(30)26-19(8-11-23(33)34)20(29)14-17(24(25)35)7-10-22(31)32;25-23(35)17(7-10-21(31)32)14-19(29)18(8-11-22(33)34)28-20(30)9-4-15-2-5-16(6-3-15)24-26-12-1-13-27-24;1-13-25-23(27-35-13)15-5-2-14(3-6-15)4-9-19(29)26-17(8-11-21(32)33)18(28)12-16(22(24)34)7-10-20(30)31;23-22(33)15(6-9-20(29)30)11-18(27)16(7-10-21(31)32)24-19(28)8-3-13-1-4-14(5-2-13)17-12-34-26-25-17/h2-3,5-6,12-13,17,19H,4,7-11,14H2,1H3,(H2,25,35)(H,26,30)(H,31,32)(H,33,34);1-3,5-6,12-13,17-18H,4,7-11,14H2,(H2,25,35)(H,28,30)(H,31,32)(H,33,34);2-3,5-6,16-17H,4,7-12H2,1H3,(H2,24,34)(H,26,29)(H,30,31)(H,32,33);1-2,4-5,12,15-16H,3,6-11H2,(H2,23,33)(H,24,28)(H,29,30)(H,31,32)/t17-,19+;17-,18+;16-,17+;15-,16+/m1111/s1. The van der Waals surface area contributed by atoms with Gasteiger partial charge < -0.3 is 89.6 Å². The van der Waals surface area contributed by atoms with Gasteiger partial charge in [0.05, 0.1) is 29.9 Å². The number of carboxylic acid groups (broad SMARTS) is 8. The largest absolute Gasteiger partial charge is 0.481 e. The number of nitrogens with two attached hydrogens (primary N) is 4. The molecule has 0 spiro atoms. The van der Waals surface area contributed by atoms with Crippen molar-refractivity contribution < 1.29 is 141 Å². The number of Topliss-reactive ketones (excluding diaryl/α,β-unsaturated/α-hetero) is 4. The highest BCUT2D eigenvalue weighted by Crippen LogP contribution is 2.26. The number of rotatable bonds is 60. The van der Waals surface area contributed by atoms with Crippen LogP contribution in [0.2, 0.25) is 0 Å². The number of aliphatic carboxylic acids is 8. The van der Waals surface area contributed by atoms with Gasteiger partial charge in [0.15, 0.2) is 29.0 Å². The Morgan fingerprint density at radius 3 is 0.856 bits per heavy atom. The van der Waals surface area contributed by atoms with Gasteiger partial charge in [-0.25, -0.2) is 9.97 Å². The van der Waals surface area contributed by atoms with Gasteiger partial charge in [-0.15, -0.1) is 5.10 Å². The van der Waals surface area contributed by atoms with E-state index >= 15 is 0 Å². The van der Waals surface area contributed by atoms with Crippen molar-refractivity contribution in [2.45, 2.75) is 211 Å². The van der Waals surface area contributed by atoms with Crippen LogP contribution in [0.3, 0.4) is 0 Å². The first-order valence-electron chi connectivity index (χ1n) is 43.8. The number of carbonyl (C=O) groups is 20. The molecule has 0 aliphatic heterocycles. The number of carbonyl (C=O) groups excluding carboxylic acids is 12. The lowest BCUT2D eigenvalue weighted by molar-refractivity contribution is -0.139. The Bertz CT molecular complexity index is 5350. The Morgan fingerprint density at radius 2 is 0.619 bits per heavy atom. The lowest BCUT2D eigenvalue weighted by Crippen LogP contribution is -2.43. The van der Waals surface area contributed by atoms with Crippen molar-refractivity contribution in [3.63, 3.8) is 0 Å². The Balaban J connectivity index is 0.000000327. The molecule has 0 saturated carbocycles. The van der Waals surface area contributed by atoms with Gasteiger partial charge in [-0.2, -0.15) is 10.1 Å². The summed E-state index contributed by atoms with van der Waals surface area (Å²) in [4.78, 5) is 247. The maximum Gasteiger partial charge on any atom is 0.303 e. The van der Waals surface area contributed by atoms with E-state index in [1.54, 1.807) is 54.3 Å². The van der Waals surface area contributed by atoms with Crippen LogP contribution < -0.4 is 44.2 Å². The second-order valence-corrected chi connectivity index (χ2v) is 32.8. The van der Waals surface area contributed by atoms with Gasteiger partial charge in [0.1, 0.15) is 5.69 Å². The van der Waals surface area contributed by atoms with Gasteiger partial charge in [0.25, 0.3) is 0 Å². The summed E-state index contributed by atoms with van der Waals surface area (Å²) in [6.45, 7) is 1.68. The Morgan fingerprint density at radius 1 is 0.353 bits per heavy atom. The molecule has 0 bridgehead atoms. The summed E-state index contributed by atoms with van der Waals surface area (Å²) in [5.74, 6) is -19.1. The third-order valence-electron chi connectivity index (χ3n) is 21.4. The Labute approximate surface area is 799 Å². The van der Waals surface area contributed by atoms with Crippen LogP contribution in [-0.2, 0) is 129 Å². The number of ketones is 4. The first kappa shape index (κ1) is 114. The molecule has 4 aromatic heterocycles. The number of hydrogen-bond acceptors (Lipinski definition) is 29. The monoisotopic (exact) mass is 1950 g/mol. The quantitative estimate of drug-likeness (QED) is 0.0229. The van der Waals surface area contributed by atoms with E-state index in [1.807, 2.05) is 97.5 Å². The Kier molecular flexibility index (Phi) is 48.8. The topological polar surface area (TPSA) is 764 Å². The predicted octanol–water partition coefficient (Wildman–Crippen LogP) is 5.31. The number of nitrogens with zero attached hydrogens (tertiary/aromatic N) is 8. The Hall–Kier alpha value is -15.9. The fraction of sp³-hybridized carbons (Fsp3) is 0.409. The third kappa shape index (κ3) is 45.3. The van der Waals surface area contributed by atoms with E-state index in [0.717, 1.165) is 55.9 Å². The summed E-state index contributed by atoms with van der Waals surface area (Å²) in [6.07, 6.45) is 1.41. The molecule has 8 atom stereocenters. The zero-order valence-electron chi connectivity index (χ0n) is 76.1. The van der Waals surface area contributed by atoms with Crippen molar-refractivity contribution in [2.75, 3.05) is 0 Å². The van der Waals surface area contributed by atoms with Crippen molar-refractivity contribution in [3.8, 4) is 45.3 Å². The van der Waals surface area contributed by atoms with Crippen LogP contribution in [-0.4, -0.2) is 223 Å². The second-order valence-electron chi connectivity index (χ2n) is 32.2. The van der Waals surface area contributed by atoms with Gasteiger partial charge in [-0.05, 0) is 123 Å². The molecule has 4 heterocycles. The number of carboxylic acids is 8. The molecule has 744 valence electrons. The molecule has 0 aliphatic carbocycles. The highest BCUT2D eigenvalue weighted by molar-refractivity contribution is 7.03. The van der Waals surface area contributed by atoms with Crippen LogP contribution in [0.1, 0.15) is 182 Å². The second kappa shape index (κ2) is 59.7. The molecule has 0 aliphatic rings. The molecule has 8 amide bonds. The summed E-state index contributed by atoms with van der Waals surface area (Å²) in [5, 5.41) is 95.3. The van der Waals surface area contributed by atoms with Crippen molar-refractivity contribution in [3.05, 3.63) is 161 Å². The van der Waals surface area contributed by atoms with Gasteiger partial charge in [-0.1, -0.05) is 107 Å². The van der Waals surface area contributed by atoms with E-state index < -0.39 is 166 Å². The number of benzene rings is 4. The summed E-state index contributed by atoms with van der Waals surface area (Å²) in [7, 11) is 1.83. The van der Waals surface area contributed by atoms with Gasteiger partial charge in [-0.3, -0.25) is 101 Å². The average Bonchev–Trinajstić information content (AvgIpc) is 1.74. The van der Waals surface area contributed by atoms with E-state index in [1.165, 1.54) is 11.5 Å². The number of hydrogen-bond donors (Lipinski definition) is 16. The zero-order chi connectivity index (χ0) is 103. The SMILES string of the molecule is Cc1nc(-c2ccc(CCC(=O)N[C@@H](CCC(=O)O)C(=O)C[C@@H](CCC(=O)O)C(N)=O)cc2)no1.Cn1ccc(-c2ccc(CCC(=O)N[C@@H](CCC(=O)O)C(=O)C[C@@H](CCC(=O)O)C(N)=O)cc2)n1.NC(=O)[C@H](CCC(=O)O)CC(=O)[C@H](CCC(=O)O)NC(=O)CCc1ccc(-c2csnn2)cc1.NC(=O)[C@H](CCC(=O)O)CC(=O)[C@H](CCC(=O)O)NC(=O)CCc1ccc(-c2ncccn2)cc1. The fourth-order valence-corrected chi connectivity index (χ4v) is 14.0. The molecule has 0 saturated heterocycles. The van der Waals surface area contributed by atoms with Gasteiger partial charge in [0, 0.05) is 187 Å². The first-order valence-corrected chi connectivity index (χ1v) is 44.7. The molecular weight excluding hydrogens is 1840 g/mol. The molecule has 46 heteroatoms. The van der Waals surface area contributed by atoms with E-state index in [-0.39, 0.29) is 154 Å². The highest BCUT2D eigenvalue weighted by Gasteiger charge is 2.33. The molecular formula is C93H112N16O29S. The summed E-state index contributed by atoms with van der Waals surface area (Å²) < 4.78 is 10.5. The molecule has 4 aromatic carbocycles. The molecule has 45 nitrogen and oxygen atoms in total. The smallest absolute Gasteiger partial charge is 0.303 e. The summed E-state index contributed by atoms with van der Waals surface area (Å²) in [5.41, 5.74) is 29.6. The van der Waals surface area contributed by atoms with Gasteiger partial charge in [0.2, 0.25) is 59.0 Å². The van der Waals surface area contributed by atoms with Crippen LogP contribution in [0.4, 0.5) is 0 Å². The van der Waals surface area contributed by atoms with Crippen molar-refractivity contribution in [1.29, 1.82) is 0 Å². The zero-order valence-corrected chi connectivity index (χ0v) is 76.9. The van der Waals surface area contributed by atoms with Crippen LogP contribution in [0.15, 0.2) is 138 Å². The highest BCUT2D eigenvalue weighted by atomic mass is 32.1. The molecule has 8 aromatic rings. The van der Waals surface area contributed by atoms with E-state index in [2.05, 4.69) is 56.1 Å². The van der Waals surface area contributed by atoms with E-state index in [9.17, 15) is 95.9 Å². The predicted molar refractivity (Wildman–Crippen MR) is 491 cm³/mol. The van der Waals surface area contributed by atoms with E-state index in [4.69, 9.17) is 68.3 Å².